The van der Waals surface area contributed by atoms with Crippen molar-refractivity contribution in [1.29, 1.82) is 0 Å². The third-order valence-corrected chi connectivity index (χ3v) is 3.75. The number of rotatable bonds is 3. The minimum Gasteiger partial charge on any atom is -0.399 e. The van der Waals surface area contributed by atoms with E-state index in [9.17, 15) is 4.79 Å². The van der Waals surface area contributed by atoms with Crippen molar-refractivity contribution in [2.75, 3.05) is 24.1 Å². The van der Waals surface area contributed by atoms with Crippen LogP contribution < -0.4 is 11.1 Å². The molecule has 0 aliphatic carbocycles. The van der Waals surface area contributed by atoms with Crippen LogP contribution in [0.2, 0.25) is 0 Å². The number of nitrogen functional groups attached to an aromatic ring is 1. The first kappa shape index (κ1) is 13.9. The fourth-order valence-electron chi connectivity index (χ4n) is 2.46. The molecule has 1 saturated heterocycles. The van der Waals surface area contributed by atoms with E-state index >= 15 is 0 Å². The highest BCUT2D eigenvalue weighted by molar-refractivity contribution is 5.94. The van der Waals surface area contributed by atoms with Crippen molar-refractivity contribution < 1.29 is 4.79 Å². The molecular weight excluding hydrogens is 238 g/mol. The van der Waals surface area contributed by atoms with E-state index in [1.807, 2.05) is 19.1 Å². The van der Waals surface area contributed by atoms with Gasteiger partial charge in [0.05, 0.1) is 6.04 Å². The summed E-state index contributed by atoms with van der Waals surface area (Å²) in [6, 6.07) is 7.19. The van der Waals surface area contributed by atoms with E-state index in [1.165, 1.54) is 25.7 Å². The van der Waals surface area contributed by atoms with Crippen LogP contribution in [0.1, 0.15) is 32.6 Å². The average molecular weight is 261 g/mol. The number of hydrogen-bond acceptors (Lipinski definition) is 3. The fraction of sp³-hybridized carbons (Fsp3) is 0.533. The Morgan fingerprint density at radius 3 is 2.32 bits per heavy atom. The van der Waals surface area contributed by atoms with E-state index in [0.717, 1.165) is 18.8 Å². The number of nitrogens with two attached hydrogens (primary N) is 1. The normalized spacial score (nSPS) is 18.6. The molecule has 1 unspecified atom stereocenters. The number of likely N-dealkylation sites (tertiary alicyclic amines) is 1. The predicted molar refractivity (Wildman–Crippen MR) is 79.0 cm³/mol. The molecule has 4 nitrogen and oxygen atoms in total. The summed E-state index contributed by atoms with van der Waals surface area (Å²) in [4.78, 5) is 14.5. The number of anilines is 2. The Morgan fingerprint density at radius 1 is 1.16 bits per heavy atom. The number of carbonyl (C=O) groups excluding carboxylic acids is 1. The minimum atomic E-state index is -0.0735. The zero-order valence-corrected chi connectivity index (χ0v) is 11.6. The van der Waals surface area contributed by atoms with Crippen molar-refractivity contribution in [2.45, 2.75) is 38.6 Å². The first-order valence-corrected chi connectivity index (χ1v) is 7.07. The van der Waals surface area contributed by atoms with Crippen molar-refractivity contribution in [3.8, 4) is 0 Å². The number of hydrogen-bond donors (Lipinski definition) is 2. The van der Waals surface area contributed by atoms with Gasteiger partial charge in [0.15, 0.2) is 0 Å². The van der Waals surface area contributed by atoms with Gasteiger partial charge >= 0.3 is 0 Å². The minimum absolute atomic E-state index is 0.0617. The van der Waals surface area contributed by atoms with Gasteiger partial charge in [-0.1, -0.05) is 12.8 Å². The molecule has 1 amide bonds. The summed E-state index contributed by atoms with van der Waals surface area (Å²) in [6.45, 7) is 4.03. The molecule has 1 aliphatic heterocycles. The van der Waals surface area contributed by atoms with Crippen LogP contribution in [-0.4, -0.2) is 29.9 Å². The second-order valence-electron chi connectivity index (χ2n) is 5.24. The molecule has 1 heterocycles. The van der Waals surface area contributed by atoms with E-state index in [0.29, 0.717) is 5.69 Å². The summed E-state index contributed by atoms with van der Waals surface area (Å²) >= 11 is 0. The molecule has 104 valence electrons. The van der Waals surface area contributed by atoms with Gasteiger partial charge in [0.25, 0.3) is 0 Å². The highest BCUT2D eigenvalue weighted by Gasteiger charge is 2.21. The van der Waals surface area contributed by atoms with Crippen molar-refractivity contribution >= 4 is 17.3 Å². The fourth-order valence-corrected chi connectivity index (χ4v) is 2.46. The second-order valence-corrected chi connectivity index (χ2v) is 5.24. The molecule has 0 spiro atoms. The molecule has 1 fully saturated rings. The van der Waals surface area contributed by atoms with Crippen molar-refractivity contribution in [1.82, 2.24) is 4.90 Å². The van der Waals surface area contributed by atoms with E-state index < -0.39 is 0 Å². The lowest BCUT2D eigenvalue weighted by Crippen LogP contribution is -2.42. The Balaban J connectivity index is 1.92. The number of benzene rings is 1. The summed E-state index contributed by atoms with van der Waals surface area (Å²) in [5, 5.41) is 2.95. The molecule has 0 bridgehead atoms. The molecule has 1 aliphatic rings. The summed E-state index contributed by atoms with van der Waals surface area (Å²) in [5.41, 5.74) is 7.14. The number of nitrogens with zero attached hydrogens (tertiary/aromatic N) is 1. The van der Waals surface area contributed by atoms with Crippen LogP contribution in [0.4, 0.5) is 11.4 Å². The first-order valence-electron chi connectivity index (χ1n) is 7.07. The molecule has 1 aromatic carbocycles. The van der Waals surface area contributed by atoms with E-state index in [4.69, 9.17) is 5.73 Å². The standard InChI is InChI=1S/C15H23N3O/c1-12(18-10-4-2-3-5-11-18)15(19)17-14-8-6-13(16)7-9-14/h6-9,12H,2-5,10-11,16H2,1H3,(H,17,19). The molecule has 19 heavy (non-hydrogen) atoms. The molecule has 0 aromatic heterocycles. The van der Waals surface area contributed by atoms with E-state index in [1.54, 1.807) is 12.1 Å². The first-order chi connectivity index (χ1) is 9.16. The maximum atomic E-state index is 12.2. The van der Waals surface area contributed by atoms with Crippen LogP contribution in [0.5, 0.6) is 0 Å². The molecule has 1 aromatic rings. The maximum Gasteiger partial charge on any atom is 0.241 e. The van der Waals surface area contributed by atoms with Gasteiger partial charge in [0, 0.05) is 11.4 Å². The third-order valence-electron chi connectivity index (χ3n) is 3.75. The van der Waals surface area contributed by atoms with Crippen LogP contribution in [0.25, 0.3) is 0 Å². The monoisotopic (exact) mass is 261 g/mol. The highest BCUT2D eigenvalue weighted by atomic mass is 16.2. The molecule has 0 radical (unpaired) electrons. The third kappa shape index (κ3) is 3.96. The second kappa shape index (κ2) is 6.57. The summed E-state index contributed by atoms with van der Waals surface area (Å²) in [7, 11) is 0. The largest absolute Gasteiger partial charge is 0.399 e. The number of amides is 1. The molecule has 0 saturated carbocycles. The smallest absolute Gasteiger partial charge is 0.241 e. The van der Waals surface area contributed by atoms with E-state index in [-0.39, 0.29) is 11.9 Å². The Kier molecular flexibility index (Phi) is 4.80. The van der Waals surface area contributed by atoms with Gasteiger partial charge < -0.3 is 11.1 Å². The Morgan fingerprint density at radius 2 is 1.74 bits per heavy atom. The highest BCUT2D eigenvalue weighted by Crippen LogP contribution is 2.15. The summed E-state index contributed by atoms with van der Waals surface area (Å²) in [5.74, 6) is 0.0617. The Hall–Kier alpha value is -1.55. The van der Waals surface area contributed by atoms with Gasteiger partial charge in [-0.3, -0.25) is 9.69 Å². The SMILES string of the molecule is CC(C(=O)Nc1ccc(N)cc1)N1CCCCCC1. The molecular formula is C15H23N3O. The van der Waals surface area contributed by atoms with Gasteiger partial charge in [-0.25, -0.2) is 0 Å². The van der Waals surface area contributed by atoms with Gasteiger partial charge in [0.2, 0.25) is 5.91 Å². The summed E-state index contributed by atoms with van der Waals surface area (Å²) in [6.07, 6.45) is 4.95. The van der Waals surface area contributed by atoms with Crippen LogP contribution in [0, 0.1) is 0 Å². The maximum absolute atomic E-state index is 12.2. The molecule has 2 rings (SSSR count). The predicted octanol–water partition coefficient (Wildman–Crippen LogP) is 2.47. The van der Waals surface area contributed by atoms with Crippen molar-refractivity contribution in [2.24, 2.45) is 0 Å². The lowest BCUT2D eigenvalue weighted by molar-refractivity contribution is -0.120. The Labute approximate surface area is 115 Å². The zero-order chi connectivity index (χ0) is 13.7. The van der Waals surface area contributed by atoms with Crippen LogP contribution in [0.3, 0.4) is 0 Å². The number of nitrogens with one attached hydrogen (secondary N) is 1. The zero-order valence-electron chi connectivity index (χ0n) is 11.6. The topological polar surface area (TPSA) is 58.4 Å². The van der Waals surface area contributed by atoms with Crippen LogP contribution in [-0.2, 0) is 4.79 Å². The van der Waals surface area contributed by atoms with Crippen molar-refractivity contribution in [3.63, 3.8) is 0 Å². The lowest BCUT2D eigenvalue weighted by atomic mass is 10.2. The van der Waals surface area contributed by atoms with Gasteiger partial charge in [0.1, 0.15) is 0 Å². The average Bonchev–Trinajstić information content (AvgIpc) is 2.69. The van der Waals surface area contributed by atoms with E-state index in [2.05, 4.69) is 10.2 Å². The summed E-state index contributed by atoms with van der Waals surface area (Å²) < 4.78 is 0. The molecule has 4 heteroatoms. The lowest BCUT2D eigenvalue weighted by Gasteiger charge is -2.26. The van der Waals surface area contributed by atoms with Crippen LogP contribution >= 0.6 is 0 Å². The molecule has 3 N–H and O–H groups in total. The van der Waals surface area contributed by atoms with Gasteiger partial charge in [-0.05, 0) is 57.1 Å². The van der Waals surface area contributed by atoms with Crippen molar-refractivity contribution in [3.05, 3.63) is 24.3 Å². The Bertz CT molecular complexity index is 408. The van der Waals surface area contributed by atoms with Gasteiger partial charge in [-0.15, -0.1) is 0 Å². The number of carbonyl (C=O) groups is 1. The molecule has 1 atom stereocenters. The quantitative estimate of drug-likeness (QED) is 0.822. The van der Waals surface area contributed by atoms with Gasteiger partial charge in [-0.2, -0.15) is 0 Å². The van der Waals surface area contributed by atoms with Crippen LogP contribution in [0.15, 0.2) is 24.3 Å².